The van der Waals surface area contributed by atoms with Crippen LogP contribution in [0.1, 0.15) is 25.5 Å². The van der Waals surface area contributed by atoms with Crippen LogP contribution in [0.5, 0.6) is 0 Å². The van der Waals surface area contributed by atoms with Crippen LogP contribution >= 0.6 is 0 Å². The van der Waals surface area contributed by atoms with Crippen molar-refractivity contribution >= 4 is 0 Å². The molecule has 1 heterocycles. The largest absolute Gasteiger partial charge is 0.378 e. The fraction of sp³-hybridized carbons (Fsp3) is 0.500. The van der Waals surface area contributed by atoms with Crippen LogP contribution in [0.2, 0.25) is 0 Å². The molecule has 76 valence electrons. The van der Waals surface area contributed by atoms with Gasteiger partial charge in [-0.3, -0.25) is 0 Å². The summed E-state index contributed by atoms with van der Waals surface area (Å²) in [5, 5.41) is 3.58. The van der Waals surface area contributed by atoms with E-state index >= 15 is 0 Å². The Kier molecular flexibility index (Phi) is 2.57. The van der Waals surface area contributed by atoms with Crippen molar-refractivity contribution in [3.8, 4) is 0 Å². The third-order valence-electron chi connectivity index (χ3n) is 2.51. The fourth-order valence-corrected chi connectivity index (χ4v) is 1.85. The smallest absolute Gasteiger partial charge is 0.0662 e. The van der Waals surface area contributed by atoms with E-state index in [1.807, 2.05) is 6.07 Å². The topological polar surface area (TPSA) is 21.3 Å². The lowest BCUT2D eigenvalue weighted by atomic mass is 9.99. The molecule has 0 saturated carbocycles. The molecule has 2 nitrogen and oxygen atoms in total. The van der Waals surface area contributed by atoms with Crippen molar-refractivity contribution in [3.63, 3.8) is 0 Å². The number of nitrogens with one attached hydrogen (secondary N) is 1. The third-order valence-corrected chi connectivity index (χ3v) is 2.51. The molecule has 0 aromatic heterocycles. The second kappa shape index (κ2) is 3.71. The molecule has 1 fully saturated rings. The van der Waals surface area contributed by atoms with Crippen LogP contribution in [0, 0.1) is 0 Å². The zero-order valence-corrected chi connectivity index (χ0v) is 8.79. The number of hydrogen-bond donors (Lipinski definition) is 1. The number of hydrogen-bond acceptors (Lipinski definition) is 2. The molecule has 14 heavy (non-hydrogen) atoms. The second-order valence-corrected chi connectivity index (χ2v) is 4.51. The highest BCUT2D eigenvalue weighted by atomic mass is 16.5. The minimum absolute atomic E-state index is 0.0821. The average molecular weight is 191 g/mol. The molecule has 1 aliphatic rings. The van der Waals surface area contributed by atoms with Crippen molar-refractivity contribution in [1.82, 2.24) is 5.32 Å². The normalized spacial score (nSPS) is 26.0. The maximum absolute atomic E-state index is 5.59. The predicted octanol–water partition coefficient (Wildman–Crippen LogP) is 2.13. The van der Waals surface area contributed by atoms with E-state index in [1.54, 1.807) is 0 Å². The summed E-state index contributed by atoms with van der Waals surface area (Å²) >= 11 is 0. The molecule has 1 aromatic rings. The third kappa shape index (κ3) is 2.14. The molecule has 1 atom stereocenters. The molecular formula is C12H17NO. The van der Waals surface area contributed by atoms with E-state index in [0.29, 0.717) is 6.04 Å². The van der Waals surface area contributed by atoms with Crippen LogP contribution in [-0.4, -0.2) is 18.8 Å². The predicted molar refractivity (Wildman–Crippen MR) is 57.2 cm³/mol. The number of morpholine rings is 1. The van der Waals surface area contributed by atoms with E-state index in [2.05, 4.69) is 43.4 Å². The highest BCUT2D eigenvalue weighted by molar-refractivity contribution is 5.20. The molecule has 0 radical (unpaired) electrons. The molecule has 1 N–H and O–H groups in total. The summed E-state index contributed by atoms with van der Waals surface area (Å²) in [6.07, 6.45) is 0. The number of rotatable bonds is 1. The maximum atomic E-state index is 5.59. The lowest BCUT2D eigenvalue weighted by Gasteiger charge is -2.37. The van der Waals surface area contributed by atoms with Gasteiger partial charge in [0.05, 0.1) is 19.3 Å². The molecule has 1 saturated heterocycles. The lowest BCUT2D eigenvalue weighted by Crippen LogP contribution is -2.51. The molecule has 0 bridgehead atoms. The van der Waals surface area contributed by atoms with Gasteiger partial charge in [0.2, 0.25) is 0 Å². The van der Waals surface area contributed by atoms with Gasteiger partial charge < -0.3 is 10.1 Å². The van der Waals surface area contributed by atoms with Gasteiger partial charge in [0.1, 0.15) is 0 Å². The monoisotopic (exact) mass is 191 g/mol. The summed E-state index contributed by atoms with van der Waals surface area (Å²) in [4.78, 5) is 0. The molecule has 0 amide bonds. The van der Waals surface area contributed by atoms with Gasteiger partial charge in [-0.05, 0) is 19.4 Å². The van der Waals surface area contributed by atoms with Gasteiger partial charge in [0.15, 0.2) is 0 Å². The van der Waals surface area contributed by atoms with E-state index < -0.39 is 0 Å². The van der Waals surface area contributed by atoms with E-state index in [-0.39, 0.29) is 5.54 Å². The van der Waals surface area contributed by atoms with Gasteiger partial charge >= 0.3 is 0 Å². The summed E-state index contributed by atoms with van der Waals surface area (Å²) in [5.74, 6) is 0. The summed E-state index contributed by atoms with van der Waals surface area (Å²) in [7, 11) is 0. The van der Waals surface area contributed by atoms with Crippen molar-refractivity contribution in [3.05, 3.63) is 35.9 Å². The minimum atomic E-state index is 0.0821. The van der Waals surface area contributed by atoms with Crippen molar-refractivity contribution in [2.45, 2.75) is 25.4 Å². The first-order chi connectivity index (χ1) is 6.67. The highest BCUT2D eigenvalue weighted by Gasteiger charge is 2.28. The molecule has 2 rings (SSSR count). The fourth-order valence-electron chi connectivity index (χ4n) is 1.85. The number of benzene rings is 1. The summed E-state index contributed by atoms with van der Waals surface area (Å²) in [6, 6.07) is 10.8. The Morgan fingerprint density at radius 2 is 2.00 bits per heavy atom. The van der Waals surface area contributed by atoms with Crippen LogP contribution in [0.25, 0.3) is 0 Å². The summed E-state index contributed by atoms with van der Waals surface area (Å²) in [6.45, 7) is 5.90. The molecular weight excluding hydrogens is 174 g/mol. The Labute approximate surface area is 85.3 Å². The van der Waals surface area contributed by atoms with Crippen LogP contribution in [-0.2, 0) is 4.74 Å². The van der Waals surface area contributed by atoms with Crippen LogP contribution in [0.15, 0.2) is 30.3 Å². The SMILES string of the molecule is CC1(C)COCC(c2ccccc2)N1. The standard InChI is InChI=1S/C12H17NO/c1-12(2)9-14-8-11(13-12)10-6-4-3-5-7-10/h3-7,11,13H,8-9H2,1-2H3. The quantitative estimate of drug-likeness (QED) is 0.734. The molecule has 1 aliphatic heterocycles. The van der Waals surface area contributed by atoms with Gasteiger partial charge in [-0.1, -0.05) is 30.3 Å². The minimum Gasteiger partial charge on any atom is -0.378 e. The Balaban J connectivity index is 2.12. The van der Waals surface area contributed by atoms with Crippen molar-refractivity contribution in [2.24, 2.45) is 0 Å². The van der Waals surface area contributed by atoms with Crippen molar-refractivity contribution in [1.29, 1.82) is 0 Å². The molecule has 0 spiro atoms. The Morgan fingerprint density at radius 1 is 1.29 bits per heavy atom. The lowest BCUT2D eigenvalue weighted by molar-refractivity contribution is 0.0127. The van der Waals surface area contributed by atoms with Gasteiger partial charge in [0.25, 0.3) is 0 Å². The van der Waals surface area contributed by atoms with Gasteiger partial charge in [-0.2, -0.15) is 0 Å². The highest BCUT2D eigenvalue weighted by Crippen LogP contribution is 2.21. The first-order valence-electron chi connectivity index (χ1n) is 5.08. The summed E-state index contributed by atoms with van der Waals surface area (Å²) in [5.41, 5.74) is 1.39. The molecule has 0 aliphatic carbocycles. The zero-order valence-electron chi connectivity index (χ0n) is 8.79. The van der Waals surface area contributed by atoms with Crippen LogP contribution in [0.4, 0.5) is 0 Å². The molecule has 1 unspecified atom stereocenters. The first-order valence-corrected chi connectivity index (χ1v) is 5.08. The van der Waals surface area contributed by atoms with Crippen LogP contribution in [0.3, 0.4) is 0 Å². The van der Waals surface area contributed by atoms with E-state index in [0.717, 1.165) is 13.2 Å². The van der Waals surface area contributed by atoms with Crippen molar-refractivity contribution < 1.29 is 4.74 Å². The zero-order chi connectivity index (χ0) is 10.0. The number of ether oxygens (including phenoxy) is 1. The van der Waals surface area contributed by atoms with E-state index in [1.165, 1.54) is 5.56 Å². The molecule has 2 heteroatoms. The molecule has 1 aromatic carbocycles. The Hall–Kier alpha value is -0.860. The van der Waals surface area contributed by atoms with Crippen molar-refractivity contribution in [2.75, 3.05) is 13.2 Å². The van der Waals surface area contributed by atoms with Gasteiger partial charge in [0, 0.05) is 5.54 Å². The Morgan fingerprint density at radius 3 is 2.64 bits per heavy atom. The Bertz CT molecular complexity index is 294. The van der Waals surface area contributed by atoms with E-state index in [9.17, 15) is 0 Å². The second-order valence-electron chi connectivity index (χ2n) is 4.51. The van der Waals surface area contributed by atoms with Crippen LogP contribution < -0.4 is 5.32 Å². The van der Waals surface area contributed by atoms with Gasteiger partial charge in [-0.15, -0.1) is 0 Å². The maximum Gasteiger partial charge on any atom is 0.0662 e. The summed E-state index contributed by atoms with van der Waals surface area (Å²) < 4.78 is 5.59. The average Bonchev–Trinajstić information content (AvgIpc) is 2.18. The first kappa shape index (κ1) is 9.69. The van der Waals surface area contributed by atoms with Gasteiger partial charge in [-0.25, -0.2) is 0 Å². The van der Waals surface area contributed by atoms with E-state index in [4.69, 9.17) is 4.74 Å².